The van der Waals surface area contributed by atoms with Crippen molar-refractivity contribution in [3.05, 3.63) is 98.5 Å². The fourth-order valence-corrected chi connectivity index (χ4v) is 4.57. The molecular formula is C27H26N6O2. The van der Waals surface area contributed by atoms with E-state index in [1.807, 2.05) is 6.20 Å². The first-order valence-corrected chi connectivity index (χ1v) is 11.4. The second-order valence-corrected chi connectivity index (χ2v) is 8.53. The highest BCUT2D eigenvalue weighted by Gasteiger charge is 2.18. The standard InChI is InChI=1S/C27H26N6O2/c1-34-25(35-2)15-22-23-13-20-7-5-18(31-20)11-16-3-4-17(30-16)12-19-6-8-21(32-19)14-24(33-23)26(22)27-28-9-10-29-27/h3-14,25,30-33H,15H2,1-2H3,(H,28,29). The van der Waals surface area contributed by atoms with Crippen molar-refractivity contribution in [1.82, 2.24) is 29.9 Å². The molecule has 176 valence electrons. The monoisotopic (exact) mass is 466 g/mol. The summed E-state index contributed by atoms with van der Waals surface area (Å²) in [5.74, 6) is 0.781. The molecule has 0 saturated heterocycles. The second-order valence-electron chi connectivity index (χ2n) is 8.53. The van der Waals surface area contributed by atoms with E-state index in [0.29, 0.717) is 6.42 Å². The van der Waals surface area contributed by atoms with Crippen LogP contribution in [0, 0.1) is 0 Å². The summed E-state index contributed by atoms with van der Waals surface area (Å²) in [6.45, 7) is 0. The van der Waals surface area contributed by atoms with E-state index in [2.05, 4.69) is 90.6 Å². The SMILES string of the molecule is COC(Cc1c(-c2ncc[nH]2)c2[nH]c1=Cc1ccc([nH]1)C=c1ccc([nH]1)=Cc1ccc([nH]1)C=2)OC. The fraction of sp³-hybridized carbons (Fsp3) is 0.148. The Hall–Kier alpha value is -4.27. The third kappa shape index (κ3) is 4.21. The Kier molecular flexibility index (Phi) is 5.36. The lowest BCUT2D eigenvalue weighted by atomic mass is 10.1. The summed E-state index contributed by atoms with van der Waals surface area (Å²) in [6, 6.07) is 12.4. The Morgan fingerprint density at radius 3 is 1.89 bits per heavy atom. The van der Waals surface area contributed by atoms with Gasteiger partial charge in [0.15, 0.2) is 6.29 Å². The normalized spacial score (nSPS) is 12.7. The van der Waals surface area contributed by atoms with Gasteiger partial charge in [0, 0.05) is 77.4 Å². The number of imidazole rings is 1. The maximum Gasteiger partial charge on any atom is 0.160 e. The third-order valence-electron chi connectivity index (χ3n) is 6.21. The average molecular weight is 467 g/mol. The molecule has 8 heteroatoms. The first kappa shape index (κ1) is 21.3. The number of nitrogens with zero attached hydrogens (tertiary/aromatic N) is 1. The van der Waals surface area contributed by atoms with Crippen LogP contribution in [0.4, 0.5) is 0 Å². The molecule has 35 heavy (non-hydrogen) atoms. The van der Waals surface area contributed by atoms with Gasteiger partial charge in [-0.15, -0.1) is 0 Å². The number of hydrogen-bond donors (Lipinski definition) is 5. The minimum Gasteiger partial charge on any atom is -0.356 e. The molecular weight excluding hydrogens is 440 g/mol. The van der Waals surface area contributed by atoms with Gasteiger partial charge >= 0.3 is 0 Å². The molecule has 0 amide bonds. The molecule has 0 saturated carbocycles. The number of ether oxygens (including phenoxy) is 2. The average Bonchev–Trinajstić information content (AvgIpc) is 3.67. The molecule has 0 aromatic carbocycles. The molecule has 5 N–H and O–H groups in total. The predicted molar refractivity (Wildman–Crippen MR) is 135 cm³/mol. The number of H-pyrrole nitrogens is 5. The van der Waals surface area contributed by atoms with E-state index in [1.165, 1.54) is 0 Å². The van der Waals surface area contributed by atoms with Crippen LogP contribution < -0.4 is 21.4 Å². The van der Waals surface area contributed by atoms with Gasteiger partial charge in [-0.1, -0.05) is 0 Å². The highest BCUT2D eigenvalue weighted by Crippen LogP contribution is 2.17. The summed E-state index contributed by atoms with van der Waals surface area (Å²) in [5, 5.41) is 3.96. The van der Waals surface area contributed by atoms with E-state index in [-0.39, 0.29) is 0 Å². The van der Waals surface area contributed by atoms with Crippen LogP contribution in [0.2, 0.25) is 0 Å². The van der Waals surface area contributed by atoms with Crippen LogP contribution >= 0.6 is 0 Å². The maximum atomic E-state index is 5.57. The van der Waals surface area contributed by atoms with Crippen molar-refractivity contribution >= 4 is 24.3 Å². The van der Waals surface area contributed by atoms with Gasteiger partial charge < -0.3 is 34.4 Å². The highest BCUT2D eigenvalue weighted by molar-refractivity contribution is 5.67. The molecule has 8 bridgehead atoms. The van der Waals surface area contributed by atoms with E-state index in [9.17, 15) is 0 Å². The molecule has 0 aliphatic carbocycles. The van der Waals surface area contributed by atoms with Crippen molar-refractivity contribution in [3.8, 4) is 11.4 Å². The van der Waals surface area contributed by atoms with Gasteiger partial charge in [-0.3, -0.25) is 0 Å². The van der Waals surface area contributed by atoms with E-state index in [4.69, 9.17) is 9.47 Å². The van der Waals surface area contributed by atoms with E-state index in [0.717, 1.165) is 61.1 Å². The molecule has 8 nitrogen and oxygen atoms in total. The quantitative estimate of drug-likeness (QED) is 0.246. The molecule has 1 aliphatic rings. The lowest BCUT2D eigenvalue weighted by Gasteiger charge is -2.13. The van der Waals surface area contributed by atoms with Gasteiger partial charge in [0.2, 0.25) is 0 Å². The van der Waals surface area contributed by atoms with Crippen molar-refractivity contribution in [1.29, 1.82) is 0 Å². The summed E-state index contributed by atoms with van der Waals surface area (Å²) >= 11 is 0. The van der Waals surface area contributed by atoms with Crippen molar-refractivity contribution in [2.45, 2.75) is 12.7 Å². The molecule has 1 aliphatic heterocycles. The first-order chi connectivity index (χ1) is 17.2. The molecule has 0 spiro atoms. The largest absolute Gasteiger partial charge is 0.356 e. The zero-order valence-electron chi connectivity index (χ0n) is 19.5. The number of aromatic nitrogens is 6. The molecule has 0 radical (unpaired) electrons. The maximum absolute atomic E-state index is 5.57. The number of aromatic amines is 5. The van der Waals surface area contributed by atoms with Crippen molar-refractivity contribution in [3.63, 3.8) is 0 Å². The minimum atomic E-state index is -0.394. The van der Waals surface area contributed by atoms with E-state index >= 15 is 0 Å². The summed E-state index contributed by atoms with van der Waals surface area (Å²) in [5.41, 5.74) is 6.02. The summed E-state index contributed by atoms with van der Waals surface area (Å²) in [7, 11) is 3.31. The lowest BCUT2D eigenvalue weighted by molar-refractivity contribution is -0.100. The van der Waals surface area contributed by atoms with Crippen molar-refractivity contribution < 1.29 is 9.47 Å². The summed E-state index contributed by atoms with van der Waals surface area (Å²) < 4.78 is 11.1. The molecule has 0 unspecified atom stereocenters. The van der Waals surface area contributed by atoms with Gasteiger partial charge in [-0.2, -0.15) is 0 Å². The third-order valence-corrected chi connectivity index (χ3v) is 6.21. The van der Waals surface area contributed by atoms with Gasteiger partial charge in [-0.05, 0) is 66.3 Å². The molecule has 6 heterocycles. The lowest BCUT2D eigenvalue weighted by Crippen LogP contribution is -2.21. The van der Waals surface area contributed by atoms with Gasteiger partial charge in [-0.25, -0.2) is 4.98 Å². The van der Waals surface area contributed by atoms with Crippen molar-refractivity contribution in [2.24, 2.45) is 0 Å². The smallest absolute Gasteiger partial charge is 0.160 e. The van der Waals surface area contributed by atoms with Gasteiger partial charge in [0.05, 0.1) is 5.35 Å². The molecule has 6 rings (SSSR count). The number of fused-ring (bicyclic) bond motifs is 8. The number of hydrogen-bond acceptors (Lipinski definition) is 3. The van der Waals surface area contributed by atoms with Gasteiger partial charge in [0.25, 0.3) is 0 Å². The fourth-order valence-electron chi connectivity index (χ4n) is 4.57. The second kappa shape index (κ2) is 8.83. The minimum absolute atomic E-state index is 0.394. The topological polar surface area (TPSA) is 110 Å². The van der Waals surface area contributed by atoms with Crippen LogP contribution in [-0.4, -0.2) is 50.4 Å². The predicted octanol–water partition coefficient (Wildman–Crippen LogP) is 1.18. The van der Waals surface area contributed by atoms with Crippen LogP contribution in [0.5, 0.6) is 0 Å². The van der Waals surface area contributed by atoms with Crippen LogP contribution in [0.15, 0.2) is 48.8 Å². The molecule has 0 fully saturated rings. The van der Waals surface area contributed by atoms with Gasteiger partial charge in [0.1, 0.15) is 5.82 Å². The number of nitrogens with one attached hydrogen (secondary N) is 5. The van der Waals surface area contributed by atoms with Crippen molar-refractivity contribution in [2.75, 3.05) is 14.2 Å². The number of rotatable bonds is 5. The van der Waals surface area contributed by atoms with E-state index < -0.39 is 6.29 Å². The Morgan fingerprint density at radius 2 is 1.31 bits per heavy atom. The zero-order valence-corrected chi connectivity index (χ0v) is 19.5. The Balaban J connectivity index is 1.66. The summed E-state index contributed by atoms with van der Waals surface area (Å²) in [6.07, 6.45) is 12.1. The summed E-state index contributed by atoms with van der Waals surface area (Å²) in [4.78, 5) is 21.9. The van der Waals surface area contributed by atoms with Crippen LogP contribution in [0.1, 0.15) is 28.3 Å². The van der Waals surface area contributed by atoms with Crippen LogP contribution in [0.3, 0.4) is 0 Å². The Morgan fingerprint density at radius 1 is 0.714 bits per heavy atom. The zero-order chi connectivity index (χ0) is 23.8. The highest BCUT2D eigenvalue weighted by atomic mass is 16.7. The Labute approximate surface area is 200 Å². The van der Waals surface area contributed by atoms with Crippen LogP contribution in [0.25, 0.3) is 35.7 Å². The molecule has 0 atom stereocenters. The van der Waals surface area contributed by atoms with Crippen LogP contribution in [-0.2, 0) is 15.9 Å². The Bertz CT molecular complexity index is 1710. The molecule has 5 aromatic heterocycles. The van der Waals surface area contributed by atoms with E-state index in [1.54, 1.807) is 20.4 Å². The number of methoxy groups -OCH3 is 2. The molecule has 5 aromatic rings. The first-order valence-electron chi connectivity index (χ1n) is 11.4.